The van der Waals surface area contributed by atoms with Crippen LogP contribution in [0, 0.1) is 0 Å². The number of aryl methyl sites for hydroxylation is 1. The zero-order valence-corrected chi connectivity index (χ0v) is 19.2. The monoisotopic (exact) mass is 438 g/mol. The van der Waals surface area contributed by atoms with E-state index in [1.165, 1.54) is 17.7 Å². The summed E-state index contributed by atoms with van der Waals surface area (Å²) < 4.78 is 2.12. The molecule has 1 atom stereocenters. The van der Waals surface area contributed by atoms with Gasteiger partial charge in [0.05, 0.1) is 17.4 Å². The first kappa shape index (κ1) is 20.7. The molecule has 2 aliphatic rings. The summed E-state index contributed by atoms with van der Waals surface area (Å²) in [7, 11) is 2.17. The Labute approximate surface area is 189 Å². The number of imidazole rings is 1. The molecule has 0 bridgehead atoms. The van der Waals surface area contributed by atoms with Gasteiger partial charge in [-0.2, -0.15) is 0 Å². The number of fused-ring (bicyclic) bond motifs is 2. The lowest BCUT2D eigenvalue weighted by atomic mass is 9.91. The van der Waals surface area contributed by atoms with E-state index in [1.807, 2.05) is 12.3 Å². The second kappa shape index (κ2) is 8.77. The quantitative estimate of drug-likeness (QED) is 0.601. The van der Waals surface area contributed by atoms with Gasteiger partial charge < -0.3 is 9.80 Å². The van der Waals surface area contributed by atoms with E-state index < -0.39 is 0 Å². The van der Waals surface area contributed by atoms with Crippen LogP contribution in [0.2, 0.25) is 5.15 Å². The summed E-state index contributed by atoms with van der Waals surface area (Å²) in [4.78, 5) is 16.9. The molecule has 5 rings (SSSR count). The highest BCUT2D eigenvalue weighted by Gasteiger charge is 2.27. The Morgan fingerprint density at radius 1 is 1.13 bits per heavy atom. The molecule has 1 saturated heterocycles. The van der Waals surface area contributed by atoms with Gasteiger partial charge in [0.15, 0.2) is 0 Å². The van der Waals surface area contributed by atoms with Crippen molar-refractivity contribution in [2.24, 2.45) is 0 Å². The van der Waals surface area contributed by atoms with E-state index in [0.29, 0.717) is 12.6 Å². The number of aromatic nitrogens is 3. The van der Waals surface area contributed by atoms with Gasteiger partial charge in [0.2, 0.25) is 0 Å². The summed E-state index contributed by atoms with van der Waals surface area (Å²) in [5.41, 5.74) is 4.45. The van der Waals surface area contributed by atoms with Crippen molar-refractivity contribution in [1.82, 2.24) is 24.2 Å². The fourth-order valence-corrected chi connectivity index (χ4v) is 5.36. The Hall–Kier alpha value is -2.15. The van der Waals surface area contributed by atoms with Gasteiger partial charge >= 0.3 is 0 Å². The molecular formula is C24H31ClN6. The van der Waals surface area contributed by atoms with E-state index in [-0.39, 0.29) is 0 Å². The van der Waals surface area contributed by atoms with Crippen molar-refractivity contribution in [3.8, 4) is 0 Å². The standard InChI is InChI=1S/C24H31ClN6/c1-3-29-13-15-30(16-14-29)22-11-5-10-21-27-19(24(25)31(21)22)17-28(2)20-9-4-7-18-8-6-12-26-23(18)20/h5-6,8,10-12,20H,3-4,7,9,13-17H2,1-2H3. The number of halogens is 1. The van der Waals surface area contributed by atoms with Crippen LogP contribution in [0.1, 0.15) is 42.8 Å². The first-order chi connectivity index (χ1) is 15.2. The average molecular weight is 439 g/mol. The van der Waals surface area contributed by atoms with Crippen LogP contribution >= 0.6 is 11.6 Å². The van der Waals surface area contributed by atoms with Gasteiger partial charge in [0.1, 0.15) is 16.6 Å². The van der Waals surface area contributed by atoms with E-state index in [9.17, 15) is 0 Å². The Balaban J connectivity index is 1.41. The highest BCUT2D eigenvalue weighted by Crippen LogP contribution is 2.34. The number of hydrogen-bond donors (Lipinski definition) is 0. The summed E-state index contributed by atoms with van der Waals surface area (Å²) in [6, 6.07) is 10.9. The number of pyridine rings is 2. The van der Waals surface area contributed by atoms with E-state index in [0.717, 1.165) is 67.9 Å². The fraction of sp³-hybridized carbons (Fsp3) is 0.500. The van der Waals surface area contributed by atoms with Crippen LogP contribution < -0.4 is 4.90 Å². The molecule has 1 aliphatic heterocycles. The second-order valence-electron chi connectivity index (χ2n) is 8.72. The third kappa shape index (κ3) is 3.93. The van der Waals surface area contributed by atoms with Gasteiger partial charge in [-0.25, -0.2) is 4.98 Å². The second-order valence-corrected chi connectivity index (χ2v) is 9.08. The maximum absolute atomic E-state index is 6.94. The Kier molecular flexibility index (Phi) is 5.87. The highest BCUT2D eigenvalue weighted by molar-refractivity contribution is 6.30. The molecule has 0 aromatic carbocycles. The van der Waals surface area contributed by atoms with Crippen LogP contribution in [-0.4, -0.2) is 63.9 Å². The normalized spacial score (nSPS) is 19.9. The lowest BCUT2D eigenvalue weighted by molar-refractivity contribution is 0.206. The number of nitrogens with zero attached hydrogens (tertiary/aromatic N) is 6. The SMILES string of the molecule is CCN1CCN(c2cccc3nc(CN(C)C4CCCc5cccnc54)c(Cl)n23)CC1. The Morgan fingerprint density at radius 2 is 1.97 bits per heavy atom. The smallest absolute Gasteiger partial charge is 0.139 e. The summed E-state index contributed by atoms with van der Waals surface area (Å²) >= 11 is 6.94. The van der Waals surface area contributed by atoms with Crippen molar-refractivity contribution in [3.63, 3.8) is 0 Å². The maximum Gasteiger partial charge on any atom is 0.139 e. The predicted octanol–water partition coefficient (Wildman–Crippen LogP) is 4.03. The molecule has 0 radical (unpaired) electrons. The molecule has 31 heavy (non-hydrogen) atoms. The molecule has 6 nitrogen and oxygen atoms in total. The third-order valence-corrected chi connectivity index (χ3v) is 7.26. The van der Waals surface area contributed by atoms with Gasteiger partial charge in [0, 0.05) is 38.9 Å². The molecular weight excluding hydrogens is 408 g/mol. The van der Waals surface area contributed by atoms with Gasteiger partial charge in [-0.1, -0.05) is 30.7 Å². The minimum Gasteiger partial charge on any atom is -0.355 e. The van der Waals surface area contributed by atoms with Crippen molar-refractivity contribution in [1.29, 1.82) is 0 Å². The van der Waals surface area contributed by atoms with Crippen LogP contribution in [-0.2, 0) is 13.0 Å². The number of rotatable bonds is 5. The Morgan fingerprint density at radius 3 is 2.77 bits per heavy atom. The van der Waals surface area contributed by atoms with Gasteiger partial charge in [-0.3, -0.25) is 14.3 Å². The van der Waals surface area contributed by atoms with Gasteiger partial charge in [-0.15, -0.1) is 0 Å². The van der Waals surface area contributed by atoms with E-state index in [4.69, 9.17) is 21.6 Å². The van der Waals surface area contributed by atoms with Crippen molar-refractivity contribution in [3.05, 3.63) is 58.6 Å². The third-order valence-electron chi connectivity index (χ3n) is 6.87. The number of piperazine rings is 1. The molecule has 164 valence electrons. The van der Waals surface area contributed by atoms with Crippen LogP contribution in [0.5, 0.6) is 0 Å². The number of anilines is 1. The maximum atomic E-state index is 6.94. The zero-order chi connectivity index (χ0) is 21.4. The first-order valence-electron chi connectivity index (χ1n) is 11.4. The van der Waals surface area contributed by atoms with Crippen molar-refractivity contribution in [2.75, 3.05) is 44.7 Å². The van der Waals surface area contributed by atoms with Crippen molar-refractivity contribution in [2.45, 2.75) is 38.8 Å². The molecule has 7 heteroatoms. The minimum atomic E-state index is 0.312. The summed E-state index contributed by atoms with van der Waals surface area (Å²) in [5.74, 6) is 1.14. The molecule has 3 aromatic heterocycles. The largest absolute Gasteiger partial charge is 0.355 e. The molecule has 0 saturated carbocycles. The average Bonchev–Trinajstić information content (AvgIpc) is 3.14. The molecule has 1 aliphatic carbocycles. The number of likely N-dealkylation sites (N-methyl/N-ethyl adjacent to an activating group) is 1. The zero-order valence-electron chi connectivity index (χ0n) is 18.5. The molecule has 4 heterocycles. The van der Waals surface area contributed by atoms with E-state index in [2.05, 4.69) is 57.3 Å². The summed E-state index contributed by atoms with van der Waals surface area (Å²) in [6.07, 6.45) is 5.35. The van der Waals surface area contributed by atoms with Crippen LogP contribution in [0.15, 0.2) is 36.5 Å². The highest BCUT2D eigenvalue weighted by atomic mass is 35.5. The summed E-state index contributed by atoms with van der Waals surface area (Å²) in [5, 5.41) is 0.729. The molecule has 0 amide bonds. The summed E-state index contributed by atoms with van der Waals surface area (Å²) in [6.45, 7) is 8.25. The van der Waals surface area contributed by atoms with E-state index >= 15 is 0 Å². The van der Waals surface area contributed by atoms with Crippen LogP contribution in [0.25, 0.3) is 5.65 Å². The van der Waals surface area contributed by atoms with Crippen LogP contribution in [0.4, 0.5) is 5.82 Å². The topological polar surface area (TPSA) is 39.9 Å². The van der Waals surface area contributed by atoms with Gasteiger partial charge in [-0.05, 0) is 56.6 Å². The predicted molar refractivity (Wildman–Crippen MR) is 126 cm³/mol. The lowest BCUT2D eigenvalue weighted by Gasteiger charge is -2.35. The van der Waals surface area contributed by atoms with E-state index in [1.54, 1.807) is 0 Å². The molecule has 0 N–H and O–H groups in total. The molecule has 0 spiro atoms. The number of hydrogen-bond acceptors (Lipinski definition) is 5. The van der Waals surface area contributed by atoms with Gasteiger partial charge in [0.25, 0.3) is 0 Å². The first-order valence-corrected chi connectivity index (χ1v) is 11.8. The molecule has 1 unspecified atom stereocenters. The van der Waals surface area contributed by atoms with Crippen LogP contribution in [0.3, 0.4) is 0 Å². The van der Waals surface area contributed by atoms with Crippen molar-refractivity contribution >= 4 is 23.1 Å². The minimum absolute atomic E-state index is 0.312. The Bertz CT molecular complexity index is 1060. The molecule has 1 fully saturated rings. The fourth-order valence-electron chi connectivity index (χ4n) is 5.09. The molecule has 3 aromatic rings. The van der Waals surface area contributed by atoms with Crippen molar-refractivity contribution < 1.29 is 0 Å². The lowest BCUT2D eigenvalue weighted by Crippen LogP contribution is -2.46.